The third-order valence-corrected chi connectivity index (χ3v) is 12.2. The predicted octanol–water partition coefficient (Wildman–Crippen LogP) is 2.90. The second kappa shape index (κ2) is 8.15. The molecule has 1 amide bonds. The van der Waals surface area contributed by atoms with Crippen LogP contribution in [0.1, 0.15) is 42.3 Å². The number of aryl methyl sites for hydroxylation is 2. The number of amides is 1. The summed E-state index contributed by atoms with van der Waals surface area (Å²) in [6.07, 6.45) is 4.65. The monoisotopic (exact) mass is 594 g/mol. The van der Waals surface area contributed by atoms with Crippen molar-refractivity contribution in [2.45, 2.75) is 51.2 Å². The number of imidazole rings is 1. The van der Waals surface area contributed by atoms with Crippen LogP contribution in [0, 0.1) is 55.2 Å². The Bertz CT molecular complexity index is 1680. The number of nitrogens with zero attached hydrogens (tertiary/aromatic N) is 5. The number of methoxy groups -OCH3 is 1. The third kappa shape index (κ3) is 2.45. The van der Waals surface area contributed by atoms with Crippen LogP contribution >= 0.6 is 12.4 Å². The summed E-state index contributed by atoms with van der Waals surface area (Å²) < 4.78 is 25.5. The third-order valence-electron chi connectivity index (χ3n) is 12.2. The van der Waals surface area contributed by atoms with E-state index in [-0.39, 0.29) is 46.9 Å². The van der Waals surface area contributed by atoms with Gasteiger partial charge in [-0.2, -0.15) is 5.10 Å². The molecule has 222 valence electrons. The van der Waals surface area contributed by atoms with E-state index in [1.807, 2.05) is 33.8 Å². The van der Waals surface area contributed by atoms with Gasteiger partial charge in [-0.05, 0) is 79.5 Å². The number of nitrogens with one attached hydrogen (secondary N) is 1. The number of hydrogen-bond acceptors (Lipinski definition) is 5. The summed E-state index contributed by atoms with van der Waals surface area (Å²) in [5.74, 6) is 3.61. The van der Waals surface area contributed by atoms with Crippen molar-refractivity contribution < 1.29 is 13.9 Å². The SMILES string of the molecule is COCCN(C(C)=O)C12C3C4C1C1C2C3C41n1ccn(-c2c3c(nn2-c2cc(C)c(F)c(C)c2)CCN[C@H]3C)c1=O.Cl. The van der Waals surface area contributed by atoms with Crippen molar-refractivity contribution >= 4 is 18.3 Å². The molecule has 1 aromatic carbocycles. The fourth-order valence-electron chi connectivity index (χ4n) is 11.1. The van der Waals surface area contributed by atoms with Gasteiger partial charge in [0, 0.05) is 57.5 Å². The molecule has 9 nitrogen and oxygen atoms in total. The molecule has 0 bridgehead atoms. The van der Waals surface area contributed by atoms with E-state index in [1.165, 1.54) is 0 Å². The summed E-state index contributed by atoms with van der Waals surface area (Å²) in [6, 6.07) is 3.66. The molecule has 3 aromatic rings. The van der Waals surface area contributed by atoms with Gasteiger partial charge in [0.25, 0.3) is 0 Å². The van der Waals surface area contributed by atoms with Crippen LogP contribution in [0.5, 0.6) is 0 Å². The quantitative estimate of drug-likeness (QED) is 0.455. The fraction of sp³-hybridized carbons (Fsp3) is 0.581. The van der Waals surface area contributed by atoms with Crippen LogP contribution in [0.2, 0.25) is 0 Å². The second-order valence-corrected chi connectivity index (χ2v) is 13.3. The van der Waals surface area contributed by atoms with Crippen LogP contribution in [-0.2, 0) is 21.5 Å². The molecule has 6 aliphatic carbocycles. The predicted molar refractivity (Wildman–Crippen MR) is 155 cm³/mol. The van der Waals surface area contributed by atoms with Gasteiger partial charge in [-0.15, -0.1) is 12.4 Å². The molecular formula is C31H36ClFN6O3. The molecule has 0 unspecified atom stereocenters. The molecule has 11 heteroatoms. The number of halogens is 2. The average molecular weight is 595 g/mol. The Morgan fingerprint density at radius 3 is 2.38 bits per heavy atom. The molecule has 1 atom stereocenters. The van der Waals surface area contributed by atoms with Crippen molar-refractivity contribution in [2.75, 3.05) is 26.8 Å². The maximum atomic E-state index is 14.6. The van der Waals surface area contributed by atoms with E-state index in [0.29, 0.717) is 59.8 Å². The van der Waals surface area contributed by atoms with E-state index in [9.17, 15) is 14.0 Å². The van der Waals surface area contributed by atoms with Crippen LogP contribution in [0.15, 0.2) is 29.3 Å². The van der Waals surface area contributed by atoms with Crippen molar-refractivity contribution in [2.24, 2.45) is 35.5 Å². The van der Waals surface area contributed by atoms with Crippen LogP contribution in [-0.4, -0.2) is 62.1 Å². The molecule has 3 heterocycles. The minimum Gasteiger partial charge on any atom is -0.383 e. The molecule has 42 heavy (non-hydrogen) atoms. The summed E-state index contributed by atoms with van der Waals surface area (Å²) in [7, 11) is 1.68. The highest BCUT2D eigenvalue weighted by molar-refractivity contribution is 5.85. The van der Waals surface area contributed by atoms with E-state index in [0.717, 1.165) is 35.7 Å². The zero-order chi connectivity index (χ0) is 28.3. The van der Waals surface area contributed by atoms with Crippen molar-refractivity contribution in [1.29, 1.82) is 0 Å². The maximum Gasteiger partial charge on any atom is 0.334 e. The first kappa shape index (κ1) is 26.7. The molecule has 1 aliphatic heterocycles. The Kier molecular flexibility index (Phi) is 5.17. The normalized spacial score (nSPS) is 36.8. The maximum absolute atomic E-state index is 14.6. The molecular weight excluding hydrogens is 559 g/mol. The number of benzene rings is 1. The summed E-state index contributed by atoms with van der Waals surface area (Å²) in [4.78, 5) is 29.1. The molecule has 2 aromatic heterocycles. The van der Waals surface area contributed by atoms with Gasteiger partial charge in [-0.25, -0.2) is 13.9 Å². The topological polar surface area (TPSA) is 86.3 Å². The largest absolute Gasteiger partial charge is 0.383 e. The molecule has 7 aliphatic rings. The molecule has 0 spiro atoms. The van der Waals surface area contributed by atoms with E-state index in [1.54, 1.807) is 32.4 Å². The smallest absolute Gasteiger partial charge is 0.334 e. The van der Waals surface area contributed by atoms with E-state index in [4.69, 9.17) is 9.84 Å². The lowest BCUT2D eigenvalue weighted by Gasteiger charge is -3.11. The zero-order valence-corrected chi connectivity index (χ0v) is 25.2. The van der Waals surface area contributed by atoms with Crippen LogP contribution in [0.3, 0.4) is 0 Å². The van der Waals surface area contributed by atoms with Crippen molar-refractivity contribution in [3.63, 3.8) is 0 Å². The van der Waals surface area contributed by atoms with E-state index >= 15 is 0 Å². The standard InChI is InChI=1S/C31H35FN6O3.ClH/c1-14-12-18(13-15(2)27(14)32)38-28(20-16(3)33-7-6-19(20)34-38)35-8-9-37(29(35)40)31-24-21-25(31)23-26(31)22(24)30(21,23)36(17(4)39)10-11-41-5;/h8-9,12-13,16,21-26,33H,6-7,10-11H2,1-5H3;1H/t16-,21?,22?,23?,24?,25?,26?,30?,31?;/m0./s1. The number of fused-ring (bicyclic) bond motifs is 1. The lowest BCUT2D eigenvalue weighted by molar-refractivity contribution is -0.629. The Morgan fingerprint density at radius 2 is 1.79 bits per heavy atom. The first-order valence-corrected chi connectivity index (χ1v) is 14.9. The number of aromatic nitrogens is 4. The van der Waals surface area contributed by atoms with Crippen LogP contribution < -0.4 is 11.0 Å². The molecule has 0 saturated heterocycles. The number of carbonyl (C=O) groups is 1. The first-order chi connectivity index (χ1) is 19.7. The lowest BCUT2D eigenvalue weighted by Crippen LogP contribution is -3.17. The molecule has 10 rings (SSSR count). The van der Waals surface area contributed by atoms with E-state index < -0.39 is 0 Å². The first-order valence-electron chi connectivity index (χ1n) is 14.9. The van der Waals surface area contributed by atoms with Gasteiger partial charge in [0.15, 0.2) is 0 Å². The van der Waals surface area contributed by atoms with Crippen LogP contribution in [0.4, 0.5) is 4.39 Å². The highest BCUT2D eigenvalue weighted by atomic mass is 35.5. The minimum absolute atomic E-state index is 0. The van der Waals surface area contributed by atoms with E-state index in [2.05, 4.69) is 17.1 Å². The van der Waals surface area contributed by atoms with Crippen molar-refractivity contribution in [3.8, 4) is 11.5 Å². The van der Waals surface area contributed by atoms with Gasteiger partial charge in [0.2, 0.25) is 5.91 Å². The number of hydrogen-bond donors (Lipinski definition) is 1. The van der Waals surface area contributed by atoms with Gasteiger partial charge in [-0.3, -0.25) is 13.9 Å². The van der Waals surface area contributed by atoms with Crippen molar-refractivity contribution in [1.82, 2.24) is 29.1 Å². The Morgan fingerprint density at radius 1 is 1.14 bits per heavy atom. The van der Waals surface area contributed by atoms with Gasteiger partial charge >= 0.3 is 5.69 Å². The Hall–Kier alpha value is -2.95. The number of carbonyl (C=O) groups excluding carboxylic acids is 1. The minimum atomic E-state index is -0.214. The van der Waals surface area contributed by atoms with Crippen LogP contribution in [0.25, 0.3) is 11.5 Å². The molecule has 0 radical (unpaired) electrons. The van der Waals surface area contributed by atoms with Crippen molar-refractivity contribution in [3.05, 3.63) is 63.2 Å². The van der Waals surface area contributed by atoms with Gasteiger partial charge < -0.3 is 15.0 Å². The Labute approximate surface area is 249 Å². The summed E-state index contributed by atoms with van der Waals surface area (Å²) in [6.45, 7) is 9.35. The average Bonchev–Trinajstić information content (AvgIpc) is 3.52. The lowest BCUT2D eigenvalue weighted by atomic mass is 8.95. The summed E-state index contributed by atoms with van der Waals surface area (Å²) in [5, 5.41) is 8.52. The Balaban J connectivity index is 0.00000267. The van der Waals surface area contributed by atoms with Gasteiger partial charge in [-0.1, -0.05) is 0 Å². The summed E-state index contributed by atoms with van der Waals surface area (Å²) in [5.41, 5.74) is 3.78. The zero-order valence-electron chi connectivity index (χ0n) is 24.4. The highest BCUT2D eigenvalue weighted by Gasteiger charge is 3.12. The fourth-order valence-corrected chi connectivity index (χ4v) is 11.1. The highest BCUT2D eigenvalue weighted by Crippen LogP contribution is 3.06. The van der Waals surface area contributed by atoms with Gasteiger partial charge in [0.05, 0.1) is 29.1 Å². The molecule has 6 saturated carbocycles. The molecule has 1 N–H and O–H groups in total. The number of rotatable bonds is 7. The number of ether oxygens (including phenoxy) is 1. The van der Waals surface area contributed by atoms with Gasteiger partial charge in [0.1, 0.15) is 11.6 Å². The summed E-state index contributed by atoms with van der Waals surface area (Å²) >= 11 is 0. The second-order valence-electron chi connectivity index (χ2n) is 13.3. The molecule has 6 fully saturated rings.